The van der Waals surface area contributed by atoms with Crippen molar-refractivity contribution in [3.63, 3.8) is 0 Å². The summed E-state index contributed by atoms with van der Waals surface area (Å²) in [6.07, 6.45) is 3.52. The van der Waals surface area contributed by atoms with Gasteiger partial charge in [0.05, 0.1) is 5.71 Å². The number of amides is 1. The first-order valence-corrected chi connectivity index (χ1v) is 9.43. The number of nitrogens with one attached hydrogen (secondary N) is 1. The van der Waals surface area contributed by atoms with Gasteiger partial charge in [0.2, 0.25) is 0 Å². The number of rotatable bonds is 8. The molecule has 0 saturated heterocycles. The third-order valence-electron chi connectivity index (χ3n) is 3.82. The van der Waals surface area contributed by atoms with Crippen molar-refractivity contribution in [1.82, 2.24) is 5.32 Å². The Morgan fingerprint density at radius 2 is 1.79 bits per heavy atom. The highest BCUT2D eigenvalue weighted by atomic mass is 35.5. The van der Waals surface area contributed by atoms with Gasteiger partial charge in [-0.15, -0.1) is 0 Å². The molecule has 0 radical (unpaired) electrons. The molecule has 2 aromatic rings. The van der Waals surface area contributed by atoms with Crippen molar-refractivity contribution in [3.05, 3.63) is 75.3 Å². The molecule has 29 heavy (non-hydrogen) atoms. The molecule has 2 aromatic carbocycles. The number of allylic oxidation sites excluding steroid dienone is 1. The van der Waals surface area contributed by atoms with Gasteiger partial charge >= 0.3 is 0 Å². The molecule has 1 N–H and O–H groups in total. The number of likely N-dealkylation sites (N-methyl/N-ethyl adjacent to an activating group) is 1. The SMILES string of the molecule is CNC(=O)C(=NOC)c1ccccc1CO/N=C(C)/C=C/c1c(Cl)cccc1Cl. The van der Waals surface area contributed by atoms with Crippen molar-refractivity contribution in [2.45, 2.75) is 13.5 Å². The predicted octanol–water partition coefficient (Wildman–Crippen LogP) is 4.70. The third kappa shape index (κ3) is 6.34. The third-order valence-corrected chi connectivity index (χ3v) is 4.48. The summed E-state index contributed by atoms with van der Waals surface area (Å²) in [5.41, 5.74) is 2.82. The van der Waals surface area contributed by atoms with Gasteiger partial charge in [-0.05, 0) is 25.1 Å². The monoisotopic (exact) mass is 433 g/mol. The van der Waals surface area contributed by atoms with Crippen LogP contribution in [0, 0.1) is 0 Å². The van der Waals surface area contributed by atoms with Crippen LogP contribution in [0.5, 0.6) is 0 Å². The van der Waals surface area contributed by atoms with Gasteiger partial charge in [-0.1, -0.05) is 69.9 Å². The lowest BCUT2D eigenvalue weighted by molar-refractivity contribution is -0.114. The zero-order valence-electron chi connectivity index (χ0n) is 16.3. The standard InChI is InChI=1S/C21H21Cl2N3O3/c1-14(11-12-17-18(22)9-6-10-19(17)23)25-29-13-15-7-4-5-8-16(15)20(26-28-3)21(27)24-2/h4-12H,13H2,1-3H3,(H,24,27)/b12-11+,25-14+,26-20?. The molecular weight excluding hydrogens is 413 g/mol. The highest BCUT2D eigenvalue weighted by Gasteiger charge is 2.17. The molecule has 0 aliphatic heterocycles. The highest BCUT2D eigenvalue weighted by Crippen LogP contribution is 2.25. The van der Waals surface area contributed by atoms with E-state index in [4.69, 9.17) is 32.9 Å². The molecule has 0 saturated carbocycles. The highest BCUT2D eigenvalue weighted by molar-refractivity contribution is 6.45. The Labute approximate surface area is 179 Å². The molecule has 0 aromatic heterocycles. The zero-order chi connectivity index (χ0) is 21.2. The van der Waals surface area contributed by atoms with Gasteiger partial charge in [0, 0.05) is 33.8 Å². The Morgan fingerprint density at radius 1 is 1.10 bits per heavy atom. The second kappa shape index (κ2) is 11.2. The average molecular weight is 434 g/mol. The Bertz CT molecular complexity index is 936. The number of benzene rings is 2. The second-order valence-electron chi connectivity index (χ2n) is 5.83. The molecule has 0 unspecified atom stereocenters. The number of hydrogen-bond acceptors (Lipinski definition) is 5. The van der Waals surface area contributed by atoms with E-state index in [0.717, 1.165) is 5.56 Å². The van der Waals surface area contributed by atoms with Gasteiger partial charge < -0.3 is 15.0 Å². The van der Waals surface area contributed by atoms with Crippen LogP contribution in [0.1, 0.15) is 23.6 Å². The average Bonchev–Trinajstić information content (AvgIpc) is 2.71. The van der Waals surface area contributed by atoms with Crippen molar-refractivity contribution in [2.75, 3.05) is 14.2 Å². The summed E-state index contributed by atoms with van der Waals surface area (Å²) >= 11 is 12.3. The summed E-state index contributed by atoms with van der Waals surface area (Å²) in [6, 6.07) is 12.5. The predicted molar refractivity (Wildman–Crippen MR) is 117 cm³/mol. The lowest BCUT2D eigenvalue weighted by Gasteiger charge is -2.10. The Balaban J connectivity index is 2.13. The molecule has 2 rings (SSSR count). The normalized spacial score (nSPS) is 12.2. The van der Waals surface area contributed by atoms with Crippen molar-refractivity contribution >= 4 is 46.6 Å². The van der Waals surface area contributed by atoms with E-state index < -0.39 is 0 Å². The second-order valence-corrected chi connectivity index (χ2v) is 6.65. The number of carbonyl (C=O) groups excluding carboxylic acids is 1. The molecule has 0 atom stereocenters. The van der Waals surface area contributed by atoms with Gasteiger partial charge in [-0.25, -0.2) is 0 Å². The van der Waals surface area contributed by atoms with Gasteiger partial charge in [0.1, 0.15) is 13.7 Å². The number of halogens is 2. The molecule has 8 heteroatoms. The Hall–Kier alpha value is -2.83. The van der Waals surface area contributed by atoms with Crippen molar-refractivity contribution in [3.8, 4) is 0 Å². The maximum atomic E-state index is 12.1. The molecular formula is C21H21Cl2N3O3. The molecule has 0 aliphatic carbocycles. The maximum Gasteiger partial charge on any atom is 0.273 e. The minimum atomic E-state index is -0.362. The van der Waals surface area contributed by atoms with E-state index in [9.17, 15) is 4.79 Å². The molecule has 0 heterocycles. The van der Waals surface area contributed by atoms with Gasteiger partial charge in [-0.3, -0.25) is 4.79 Å². The number of nitrogens with zero attached hydrogens (tertiary/aromatic N) is 2. The van der Waals surface area contributed by atoms with E-state index in [1.165, 1.54) is 14.2 Å². The van der Waals surface area contributed by atoms with E-state index in [1.54, 1.807) is 49.4 Å². The van der Waals surface area contributed by atoms with Crippen LogP contribution in [0.15, 0.2) is 58.9 Å². The summed E-state index contributed by atoms with van der Waals surface area (Å²) in [7, 11) is 2.91. The summed E-state index contributed by atoms with van der Waals surface area (Å²) in [5, 5.41) is 11.5. The van der Waals surface area contributed by atoms with Gasteiger partial charge in [0.25, 0.3) is 5.91 Å². The Kier molecular flexibility index (Phi) is 8.70. The molecule has 0 bridgehead atoms. The van der Waals surface area contributed by atoms with E-state index in [0.29, 0.717) is 26.9 Å². The quantitative estimate of drug-likeness (QED) is 0.484. The molecule has 0 aliphatic rings. The van der Waals surface area contributed by atoms with Crippen LogP contribution in [-0.4, -0.2) is 31.5 Å². The van der Waals surface area contributed by atoms with Crippen LogP contribution in [-0.2, 0) is 21.1 Å². The summed E-state index contributed by atoms with van der Waals surface area (Å²) in [5.74, 6) is -0.362. The zero-order valence-corrected chi connectivity index (χ0v) is 17.8. The number of oxime groups is 2. The lowest BCUT2D eigenvalue weighted by Crippen LogP contribution is -2.29. The molecule has 1 amide bonds. The topological polar surface area (TPSA) is 72.3 Å². The molecule has 6 nitrogen and oxygen atoms in total. The summed E-state index contributed by atoms with van der Waals surface area (Å²) in [6.45, 7) is 1.93. The van der Waals surface area contributed by atoms with Gasteiger partial charge in [-0.2, -0.15) is 0 Å². The fourth-order valence-electron chi connectivity index (χ4n) is 2.41. The first kappa shape index (κ1) is 22.5. The first-order valence-electron chi connectivity index (χ1n) is 8.68. The van der Waals surface area contributed by atoms with Crippen LogP contribution in [0.25, 0.3) is 6.08 Å². The Morgan fingerprint density at radius 3 is 2.45 bits per heavy atom. The maximum absolute atomic E-state index is 12.1. The summed E-state index contributed by atoms with van der Waals surface area (Å²) < 4.78 is 0. The van der Waals surface area contributed by atoms with Gasteiger partial charge in [0.15, 0.2) is 5.71 Å². The van der Waals surface area contributed by atoms with E-state index in [2.05, 4.69) is 15.6 Å². The van der Waals surface area contributed by atoms with Crippen molar-refractivity contribution in [1.29, 1.82) is 0 Å². The van der Waals surface area contributed by atoms with Crippen LogP contribution >= 0.6 is 23.2 Å². The first-order chi connectivity index (χ1) is 14.0. The minimum absolute atomic E-state index is 0.147. The van der Waals surface area contributed by atoms with E-state index in [-0.39, 0.29) is 18.2 Å². The number of hydrogen-bond donors (Lipinski definition) is 1. The fourth-order valence-corrected chi connectivity index (χ4v) is 2.93. The fraction of sp³-hybridized carbons (Fsp3) is 0.190. The van der Waals surface area contributed by atoms with Crippen LogP contribution in [0.3, 0.4) is 0 Å². The van der Waals surface area contributed by atoms with E-state index in [1.807, 2.05) is 12.1 Å². The largest absolute Gasteiger partial charge is 0.398 e. The van der Waals surface area contributed by atoms with E-state index >= 15 is 0 Å². The van der Waals surface area contributed by atoms with Crippen LogP contribution in [0.2, 0.25) is 10.0 Å². The number of carbonyl (C=O) groups is 1. The van der Waals surface area contributed by atoms with Crippen molar-refractivity contribution in [2.24, 2.45) is 10.3 Å². The van der Waals surface area contributed by atoms with Crippen LogP contribution in [0.4, 0.5) is 0 Å². The molecule has 0 fully saturated rings. The lowest BCUT2D eigenvalue weighted by atomic mass is 10.0. The minimum Gasteiger partial charge on any atom is -0.398 e. The van der Waals surface area contributed by atoms with Crippen LogP contribution < -0.4 is 5.32 Å². The smallest absolute Gasteiger partial charge is 0.273 e. The summed E-state index contributed by atoms with van der Waals surface area (Å²) in [4.78, 5) is 22.3. The molecule has 152 valence electrons. The van der Waals surface area contributed by atoms with Crippen molar-refractivity contribution < 1.29 is 14.5 Å². The molecule has 0 spiro atoms.